The fourth-order valence-corrected chi connectivity index (χ4v) is 2.20. The van der Waals surface area contributed by atoms with Crippen LogP contribution in [0, 0.1) is 6.92 Å². The minimum Gasteiger partial charge on any atom is -0.287 e. The minimum atomic E-state index is -3.43. The van der Waals surface area contributed by atoms with E-state index in [0.717, 1.165) is 0 Å². The fraction of sp³-hybridized carbons (Fsp3) is 0.286. The van der Waals surface area contributed by atoms with Crippen molar-refractivity contribution in [3.8, 4) is 0 Å². The molecular weight excluding hydrogens is 192 g/mol. The lowest BCUT2D eigenvalue weighted by atomic mass is 10.4. The van der Waals surface area contributed by atoms with Gasteiger partial charge in [0, 0.05) is 0 Å². The van der Waals surface area contributed by atoms with Crippen molar-refractivity contribution in [1.82, 2.24) is 10.2 Å². The zero-order valence-corrected chi connectivity index (χ0v) is 7.94. The summed E-state index contributed by atoms with van der Waals surface area (Å²) >= 11 is 0. The second-order valence-corrected chi connectivity index (χ2v) is 4.57. The van der Waals surface area contributed by atoms with Crippen LogP contribution in [0.4, 0.5) is 0 Å². The van der Waals surface area contributed by atoms with Crippen LogP contribution >= 0.6 is 0 Å². The predicted molar refractivity (Wildman–Crippen MR) is 48.4 cm³/mol. The van der Waals surface area contributed by atoms with Crippen LogP contribution < -0.4 is 5.56 Å². The van der Waals surface area contributed by atoms with Gasteiger partial charge in [-0.05, 0) is 6.92 Å². The average molecular weight is 202 g/mol. The van der Waals surface area contributed by atoms with Crippen LogP contribution in [-0.2, 0) is 9.84 Å². The molecule has 0 unspecified atom stereocenters. The molecule has 0 amide bonds. The fourth-order valence-electron chi connectivity index (χ4n) is 0.954. The molecule has 13 heavy (non-hydrogen) atoms. The predicted octanol–water partition coefficient (Wildman–Crippen LogP) is -0.0289. The molecule has 0 atom stereocenters. The number of rotatable bonds is 3. The first-order chi connectivity index (χ1) is 5.99. The van der Waals surface area contributed by atoms with E-state index < -0.39 is 15.4 Å². The normalized spacial score (nSPS) is 11.5. The molecule has 5 nitrogen and oxygen atoms in total. The molecule has 0 fully saturated rings. The minimum absolute atomic E-state index is 0.0580. The van der Waals surface area contributed by atoms with E-state index >= 15 is 0 Å². The molecule has 1 aromatic rings. The number of aromatic amines is 2. The van der Waals surface area contributed by atoms with Crippen LogP contribution in [0.1, 0.15) is 5.56 Å². The van der Waals surface area contributed by atoms with Crippen molar-refractivity contribution in [3.63, 3.8) is 0 Å². The van der Waals surface area contributed by atoms with Crippen LogP contribution in [0.2, 0.25) is 0 Å². The summed E-state index contributed by atoms with van der Waals surface area (Å²) in [5.74, 6) is -0.179. The zero-order valence-electron chi connectivity index (χ0n) is 7.12. The third kappa shape index (κ3) is 1.72. The van der Waals surface area contributed by atoms with Crippen LogP contribution in [0.25, 0.3) is 0 Å². The van der Waals surface area contributed by atoms with Crippen molar-refractivity contribution in [2.24, 2.45) is 0 Å². The van der Waals surface area contributed by atoms with E-state index in [1.807, 2.05) is 0 Å². The highest BCUT2D eigenvalue weighted by atomic mass is 32.2. The van der Waals surface area contributed by atoms with E-state index in [0.29, 0.717) is 0 Å². The number of hydrogen-bond acceptors (Lipinski definition) is 3. The lowest BCUT2D eigenvalue weighted by Crippen LogP contribution is -2.08. The Morgan fingerprint density at radius 2 is 2.08 bits per heavy atom. The molecule has 0 aliphatic heterocycles. The molecular formula is C7H10N2O3S. The number of nitrogens with one attached hydrogen (secondary N) is 2. The Kier molecular flexibility index (Phi) is 2.42. The number of H-pyrrole nitrogens is 2. The Morgan fingerprint density at radius 3 is 2.46 bits per heavy atom. The van der Waals surface area contributed by atoms with Gasteiger partial charge < -0.3 is 0 Å². The van der Waals surface area contributed by atoms with Gasteiger partial charge in [-0.3, -0.25) is 15.0 Å². The molecule has 0 aliphatic rings. The van der Waals surface area contributed by atoms with Gasteiger partial charge >= 0.3 is 0 Å². The van der Waals surface area contributed by atoms with Crippen molar-refractivity contribution >= 4 is 9.84 Å². The quantitative estimate of drug-likeness (QED) is 0.675. The van der Waals surface area contributed by atoms with Crippen molar-refractivity contribution in [3.05, 3.63) is 28.6 Å². The summed E-state index contributed by atoms with van der Waals surface area (Å²) in [6, 6.07) is 0. The molecule has 0 saturated carbocycles. The second kappa shape index (κ2) is 3.21. The van der Waals surface area contributed by atoms with Crippen LogP contribution in [0.5, 0.6) is 0 Å². The molecule has 0 saturated heterocycles. The van der Waals surface area contributed by atoms with Gasteiger partial charge in [-0.25, -0.2) is 8.42 Å². The topological polar surface area (TPSA) is 82.8 Å². The number of sulfone groups is 1. The van der Waals surface area contributed by atoms with Gasteiger partial charge in [0.15, 0.2) is 14.9 Å². The molecule has 1 rings (SSSR count). The van der Waals surface area contributed by atoms with Crippen LogP contribution in [-0.4, -0.2) is 24.4 Å². The first-order valence-corrected chi connectivity index (χ1v) is 5.25. The van der Waals surface area contributed by atoms with Gasteiger partial charge in [0.2, 0.25) is 0 Å². The SMILES string of the molecule is C=CCS(=O)(=O)c1[nH][nH]c(=O)c1C. The largest absolute Gasteiger partial charge is 0.287 e. The van der Waals surface area contributed by atoms with E-state index in [9.17, 15) is 13.2 Å². The van der Waals surface area contributed by atoms with E-state index in [1.54, 1.807) is 0 Å². The monoisotopic (exact) mass is 202 g/mol. The Bertz CT molecular complexity index is 466. The number of hydrogen-bond donors (Lipinski definition) is 2. The lowest BCUT2D eigenvalue weighted by molar-refractivity contribution is 0.594. The van der Waals surface area contributed by atoms with Gasteiger partial charge in [-0.15, -0.1) is 6.58 Å². The van der Waals surface area contributed by atoms with Crippen LogP contribution in [0.15, 0.2) is 22.5 Å². The highest BCUT2D eigenvalue weighted by Gasteiger charge is 2.18. The summed E-state index contributed by atoms with van der Waals surface area (Å²) in [6.07, 6.45) is 1.28. The summed E-state index contributed by atoms with van der Waals surface area (Å²) in [6.45, 7) is 4.78. The summed E-state index contributed by atoms with van der Waals surface area (Å²) in [5.41, 5.74) is -0.232. The molecule has 6 heteroatoms. The first kappa shape index (κ1) is 9.79. The summed E-state index contributed by atoms with van der Waals surface area (Å²) < 4.78 is 22.8. The van der Waals surface area contributed by atoms with Crippen LogP contribution in [0.3, 0.4) is 0 Å². The lowest BCUT2D eigenvalue weighted by Gasteiger charge is -1.97. The van der Waals surface area contributed by atoms with Crippen molar-refractivity contribution in [2.45, 2.75) is 11.9 Å². The Morgan fingerprint density at radius 1 is 1.46 bits per heavy atom. The van der Waals surface area contributed by atoms with Gasteiger partial charge in [0.1, 0.15) is 0 Å². The van der Waals surface area contributed by atoms with Crippen molar-refractivity contribution < 1.29 is 8.42 Å². The molecule has 0 bridgehead atoms. The smallest absolute Gasteiger partial charge is 0.268 e. The maximum Gasteiger partial charge on any atom is 0.268 e. The highest BCUT2D eigenvalue weighted by molar-refractivity contribution is 7.91. The third-order valence-electron chi connectivity index (χ3n) is 1.62. The molecule has 2 N–H and O–H groups in total. The molecule has 72 valence electrons. The Balaban J connectivity index is 3.31. The molecule has 0 aromatic carbocycles. The molecule has 1 heterocycles. The first-order valence-electron chi connectivity index (χ1n) is 3.60. The van der Waals surface area contributed by atoms with Gasteiger partial charge in [-0.1, -0.05) is 6.08 Å². The summed E-state index contributed by atoms with van der Waals surface area (Å²) in [4.78, 5) is 10.9. The maximum absolute atomic E-state index is 11.4. The van der Waals surface area contributed by atoms with Crippen molar-refractivity contribution in [1.29, 1.82) is 0 Å². The molecule has 1 aromatic heterocycles. The van der Waals surface area contributed by atoms with E-state index in [-0.39, 0.29) is 16.3 Å². The highest BCUT2D eigenvalue weighted by Crippen LogP contribution is 2.08. The van der Waals surface area contributed by atoms with E-state index in [4.69, 9.17) is 0 Å². The summed E-state index contributed by atoms with van der Waals surface area (Å²) in [5, 5.41) is 4.48. The van der Waals surface area contributed by atoms with Gasteiger partial charge in [0.05, 0.1) is 11.3 Å². The molecule has 0 radical (unpaired) electrons. The molecule has 0 spiro atoms. The standard InChI is InChI=1S/C7H10N2O3S/c1-3-4-13(11,12)7-5(2)6(10)8-9-7/h3H,1,4H2,2H3,(H2,8,9,10). The van der Waals surface area contributed by atoms with Crippen molar-refractivity contribution in [2.75, 3.05) is 5.75 Å². The Labute approximate surface area is 75.4 Å². The third-order valence-corrected chi connectivity index (χ3v) is 3.32. The average Bonchev–Trinajstić information content (AvgIpc) is 2.33. The van der Waals surface area contributed by atoms with Gasteiger partial charge in [-0.2, -0.15) is 0 Å². The summed E-state index contributed by atoms with van der Waals surface area (Å²) in [7, 11) is -3.43. The zero-order chi connectivity index (χ0) is 10.1. The number of aromatic nitrogens is 2. The van der Waals surface area contributed by atoms with E-state index in [2.05, 4.69) is 16.8 Å². The molecule has 0 aliphatic carbocycles. The second-order valence-electron chi connectivity index (χ2n) is 2.60. The van der Waals surface area contributed by atoms with E-state index in [1.165, 1.54) is 13.0 Å². The Hall–Kier alpha value is -1.30. The maximum atomic E-state index is 11.4. The van der Waals surface area contributed by atoms with Gasteiger partial charge in [0.25, 0.3) is 5.56 Å².